The van der Waals surface area contributed by atoms with Crippen LogP contribution in [0, 0.1) is 0 Å². The van der Waals surface area contributed by atoms with E-state index in [-0.39, 0.29) is 31.1 Å². The van der Waals surface area contributed by atoms with Crippen LogP contribution in [-0.2, 0) is 28.6 Å². The Morgan fingerprint density at radius 3 is 0.756 bits per heavy atom. The number of hydrogen-bond acceptors (Lipinski definition) is 6. The van der Waals surface area contributed by atoms with Gasteiger partial charge in [-0.1, -0.05) is 345 Å². The van der Waals surface area contributed by atoms with Crippen molar-refractivity contribution in [1.82, 2.24) is 0 Å². The monoisotopic (exact) mass is 1150 g/mol. The molecule has 0 aromatic rings. The van der Waals surface area contributed by atoms with Crippen LogP contribution < -0.4 is 0 Å². The zero-order chi connectivity index (χ0) is 59.2. The zero-order valence-corrected chi connectivity index (χ0v) is 55.0. The van der Waals surface area contributed by atoms with E-state index >= 15 is 0 Å². The van der Waals surface area contributed by atoms with Gasteiger partial charge in [-0.25, -0.2) is 0 Å². The summed E-state index contributed by atoms with van der Waals surface area (Å²) in [7, 11) is 0. The minimum atomic E-state index is -0.770. The molecule has 0 aromatic heterocycles. The minimum absolute atomic E-state index is 0.0693. The molecular weight excluding hydrogens is 1010 g/mol. The fraction of sp³-hybridized carbons (Fsp3) is 0.829. The van der Waals surface area contributed by atoms with Crippen molar-refractivity contribution in [2.45, 2.75) is 393 Å². The molecule has 1 unspecified atom stereocenters. The first-order valence-corrected chi connectivity index (χ1v) is 36.3. The van der Waals surface area contributed by atoms with Crippen LogP contribution in [0.2, 0.25) is 0 Å². The van der Waals surface area contributed by atoms with Gasteiger partial charge in [0.25, 0.3) is 0 Å². The summed E-state index contributed by atoms with van der Waals surface area (Å²) in [5.41, 5.74) is 0. The normalized spacial score (nSPS) is 12.4. The molecule has 0 N–H and O–H groups in total. The van der Waals surface area contributed by atoms with Gasteiger partial charge in [0.15, 0.2) is 6.10 Å². The lowest BCUT2D eigenvalue weighted by Gasteiger charge is -2.18. The van der Waals surface area contributed by atoms with Gasteiger partial charge in [0.2, 0.25) is 0 Å². The summed E-state index contributed by atoms with van der Waals surface area (Å²) < 4.78 is 16.9. The van der Waals surface area contributed by atoms with E-state index in [2.05, 4.69) is 81.5 Å². The van der Waals surface area contributed by atoms with Crippen LogP contribution >= 0.6 is 0 Å². The number of carbonyl (C=O) groups excluding carboxylic acids is 3. The molecule has 0 spiro atoms. The first kappa shape index (κ1) is 79.1. The van der Waals surface area contributed by atoms with Crippen LogP contribution in [0.25, 0.3) is 0 Å². The molecule has 0 rings (SSSR count). The van der Waals surface area contributed by atoms with Crippen molar-refractivity contribution in [3.63, 3.8) is 0 Å². The predicted octanol–water partition coefficient (Wildman–Crippen LogP) is 25.1. The molecule has 478 valence electrons. The maximum atomic E-state index is 12.9. The smallest absolute Gasteiger partial charge is 0.306 e. The van der Waals surface area contributed by atoms with Crippen LogP contribution in [0.15, 0.2) is 60.8 Å². The van der Waals surface area contributed by atoms with Gasteiger partial charge >= 0.3 is 17.9 Å². The Morgan fingerprint density at radius 1 is 0.256 bits per heavy atom. The maximum absolute atomic E-state index is 12.9. The van der Waals surface area contributed by atoms with Gasteiger partial charge in [0, 0.05) is 19.3 Å². The number of hydrogen-bond donors (Lipinski definition) is 0. The van der Waals surface area contributed by atoms with E-state index in [1.54, 1.807) is 0 Å². The summed E-state index contributed by atoms with van der Waals surface area (Å²) >= 11 is 0. The van der Waals surface area contributed by atoms with Gasteiger partial charge < -0.3 is 14.2 Å². The second-order valence-electron chi connectivity index (χ2n) is 24.5. The Balaban J connectivity index is 3.96. The fourth-order valence-corrected chi connectivity index (χ4v) is 10.8. The second kappa shape index (κ2) is 70.6. The lowest BCUT2D eigenvalue weighted by atomic mass is 10.0. The van der Waals surface area contributed by atoms with Gasteiger partial charge in [0.1, 0.15) is 13.2 Å². The van der Waals surface area contributed by atoms with Gasteiger partial charge in [0.05, 0.1) is 0 Å². The third kappa shape index (κ3) is 67.9. The van der Waals surface area contributed by atoms with E-state index in [4.69, 9.17) is 14.2 Å². The van der Waals surface area contributed by atoms with E-state index in [1.807, 2.05) is 0 Å². The molecule has 0 radical (unpaired) electrons. The van der Waals surface area contributed by atoms with Crippen molar-refractivity contribution in [1.29, 1.82) is 0 Å². The summed E-state index contributed by atoms with van der Waals surface area (Å²) in [5, 5.41) is 0. The number of ether oxygens (including phenoxy) is 3. The number of unbranched alkanes of at least 4 members (excludes halogenated alkanes) is 46. The van der Waals surface area contributed by atoms with Crippen LogP contribution in [0.1, 0.15) is 387 Å². The molecule has 0 saturated carbocycles. The molecule has 0 saturated heterocycles. The van der Waals surface area contributed by atoms with E-state index < -0.39 is 6.10 Å². The van der Waals surface area contributed by atoms with E-state index in [1.165, 1.54) is 263 Å². The van der Waals surface area contributed by atoms with Crippen molar-refractivity contribution in [3.05, 3.63) is 60.8 Å². The van der Waals surface area contributed by atoms with Crippen molar-refractivity contribution in [2.24, 2.45) is 0 Å². The highest BCUT2D eigenvalue weighted by atomic mass is 16.6. The zero-order valence-electron chi connectivity index (χ0n) is 55.0. The van der Waals surface area contributed by atoms with Crippen molar-refractivity contribution < 1.29 is 28.6 Å². The number of carbonyl (C=O) groups is 3. The Hall–Kier alpha value is -2.89. The molecule has 0 bridgehead atoms. The molecule has 6 heteroatoms. The Kier molecular flexibility index (Phi) is 68.1. The van der Waals surface area contributed by atoms with Gasteiger partial charge in [-0.2, -0.15) is 0 Å². The second-order valence-corrected chi connectivity index (χ2v) is 24.5. The molecule has 0 aliphatic heterocycles. The summed E-state index contributed by atoms with van der Waals surface area (Å²) in [5.74, 6) is -0.857. The minimum Gasteiger partial charge on any atom is -0.462 e. The summed E-state index contributed by atoms with van der Waals surface area (Å²) in [6.07, 6.45) is 91.7. The first-order valence-electron chi connectivity index (χ1n) is 36.3. The van der Waals surface area contributed by atoms with Gasteiger partial charge in [-0.15, -0.1) is 0 Å². The topological polar surface area (TPSA) is 78.9 Å². The summed E-state index contributed by atoms with van der Waals surface area (Å²) in [6.45, 7) is 6.53. The van der Waals surface area contributed by atoms with E-state index in [0.717, 1.165) is 83.5 Å². The molecule has 0 amide bonds. The lowest BCUT2D eigenvalue weighted by Crippen LogP contribution is -2.30. The number of allylic oxidation sites excluding steroid dienone is 10. The van der Waals surface area contributed by atoms with Crippen molar-refractivity contribution >= 4 is 17.9 Å². The molecule has 0 aliphatic rings. The van der Waals surface area contributed by atoms with Gasteiger partial charge in [-0.3, -0.25) is 14.4 Å². The summed E-state index contributed by atoms with van der Waals surface area (Å²) in [6, 6.07) is 0. The molecule has 0 heterocycles. The highest BCUT2D eigenvalue weighted by Crippen LogP contribution is 2.18. The number of rotatable bonds is 67. The summed E-state index contributed by atoms with van der Waals surface area (Å²) in [4.78, 5) is 38.1. The first-order chi connectivity index (χ1) is 40.5. The molecule has 0 fully saturated rings. The van der Waals surface area contributed by atoms with Gasteiger partial charge in [-0.05, 0) is 83.5 Å². The quantitative estimate of drug-likeness (QED) is 0.0261. The predicted molar refractivity (Wildman–Crippen MR) is 358 cm³/mol. The van der Waals surface area contributed by atoms with Crippen LogP contribution in [-0.4, -0.2) is 37.2 Å². The van der Waals surface area contributed by atoms with E-state index in [0.29, 0.717) is 19.3 Å². The van der Waals surface area contributed by atoms with Crippen LogP contribution in [0.4, 0.5) is 0 Å². The van der Waals surface area contributed by atoms with Crippen LogP contribution in [0.5, 0.6) is 0 Å². The average Bonchev–Trinajstić information content (AvgIpc) is 3.47. The fourth-order valence-electron chi connectivity index (χ4n) is 10.8. The Morgan fingerprint density at radius 2 is 0.476 bits per heavy atom. The third-order valence-electron chi connectivity index (χ3n) is 16.3. The highest BCUT2D eigenvalue weighted by Gasteiger charge is 2.19. The molecule has 0 aliphatic carbocycles. The highest BCUT2D eigenvalue weighted by molar-refractivity contribution is 5.71. The average molecular weight is 1150 g/mol. The Labute approximate surface area is 510 Å². The molecular formula is C76H138O6. The lowest BCUT2D eigenvalue weighted by molar-refractivity contribution is -0.167. The standard InChI is InChI=1S/C76H138O6/c1-4-7-10-13-16-18-20-22-24-26-28-30-32-34-36-37-38-39-41-42-44-46-48-50-52-54-56-58-60-63-66-69-75(78)81-72-73(71-80-74(77)68-65-62-15-12-9-6-3)82-76(79)70-67-64-61-59-57-55-53-51-49-47-45-43-40-35-33-31-29-27-25-23-21-19-17-14-11-8-5-2/h8,11,17,19,23,25-26,28-29,31,73H,4-7,9-10,12-16,18,20-22,24,27,30,32-72H2,1-3H3/b11-8-,19-17-,25-23-,28-26-,31-29-. The largest absolute Gasteiger partial charge is 0.462 e. The van der Waals surface area contributed by atoms with Crippen molar-refractivity contribution in [2.75, 3.05) is 13.2 Å². The maximum Gasteiger partial charge on any atom is 0.306 e. The molecule has 6 nitrogen and oxygen atoms in total. The SMILES string of the molecule is CC/C=C\C/C=C\C/C=C\C/C=C\CCCCCCCCCCCCCCCCC(=O)OC(COC(=O)CCCCCCCC)COC(=O)CCCCCCCCCCCCCCCCCCCCC/C=C\CCCCCCCCCC. The third-order valence-corrected chi connectivity index (χ3v) is 16.3. The molecule has 0 aromatic carbocycles. The molecule has 1 atom stereocenters. The molecule has 82 heavy (non-hydrogen) atoms. The van der Waals surface area contributed by atoms with Crippen molar-refractivity contribution in [3.8, 4) is 0 Å². The van der Waals surface area contributed by atoms with E-state index in [9.17, 15) is 14.4 Å². The Bertz CT molecular complexity index is 1460. The van der Waals surface area contributed by atoms with Crippen LogP contribution in [0.3, 0.4) is 0 Å². The number of esters is 3.